The first kappa shape index (κ1) is 11.9. The Balaban J connectivity index is 2.51. The lowest BCUT2D eigenvalue weighted by atomic mass is 10.4. The van der Waals surface area contributed by atoms with E-state index >= 15 is 0 Å². The molecule has 0 fully saturated rings. The van der Waals surface area contributed by atoms with Gasteiger partial charge >= 0.3 is 0 Å². The van der Waals surface area contributed by atoms with Gasteiger partial charge in [0.1, 0.15) is 0 Å². The predicted molar refractivity (Wildman–Crippen MR) is 77.4 cm³/mol. The summed E-state index contributed by atoms with van der Waals surface area (Å²) in [4.78, 5) is 0. The summed E-state index contributed by atoms with van der Waals surface area (Å²) in [6, 6.07) is 21.2. The third kappa shape index (κ3) is 2.74. The molecule has 0 saturated heterocycles. The normalized spacial score (nSPS) is 10.0. The largest absolute Gasteiger partial charge is 0.124 e. The fourth-order valence-corrected chi connectivity index (χ4v) is 3.94. The van der Waals surface area contributed by atoms with Crippen molar-refractivity contribution in [3.63, 3.8) is 0 Å². The van der Waals surface area contributed by atoms with Crippen molar-refractivity contribution in [2.45, 2.75) is 6.92 Å². The summed E-state index contributed by atoms with van der Waals surface area (Å²) in [6.45, 7) is 5.90. The van der Waals surface area contributed by atoms with Gasteiger partial charge in [0.15, 0.2) is 0 Å². The average Bonchev–Trinajstić information content (AvgIpc) is 2.41. The zero-order valence-electron chi connectivity index (χ0n) is 9.93. The van der Waals surface area contributed by atoms with Gasteiger partial charge in [-0.2, -0.15) is 0 Å². The van der Waals surface area contributed by atoms with E-state index in [4.69, 9.17) is 0 Å². The van der Waals surface area contributed by atoms with Gasteiger partial charge in [0.05, 0.1) is 0 Å². The van der Waals surface area contributed by atoms with Crippen LogP contribution in [-0.4, -0.2) is 0 Å². The molecule has 1 heteroatoms. The lowest BCUT2D eigenvalue weighted by Crippen LogP contribution is -2.11. The van der Waals surface area contributed by atoms with E-state index in [9.17, 15) is 0 Å². The van der Waals surface area contributed by atoms with Crippen LogP contribution in [0.5, 0.6) is 0 Å². The summed E-state index contributed by atoms with van der Waals surface area (Å²) in [5.41, 5.74) is 3.06. The maximum Gasteiger partial charge on any atom is 0.000584 e. The van der Waals surface area contributed by atoms with Crippen molar-refractivity contribution >= 4 is 18.5 Å². The van der Waals surface area contributed by atoms with Gasteiger partial charge in [-0.3, -0.25) is 0 Å². The number of benzene rings is 2. The third-order valence-electron chi connectivity index (χ3n) is 2.62. The number of hydrogen-bond acceptors (Lipinski definition) is 0. The van der Waals surface area contributed by atoms with Crippen molar-refractivity contribution in [2.24, 2.45) is 0 Å². The van der Waals surface area contributed by atoms with Gasteiger partial charge in [-0.05, 0) is 25.5 Å². The standard InChI is InChI=1S/C16H15P/c1-3-14(2)17(15-10-6-4-7-11-15)16-12-8-5-9-13-16/h4-13H,1H2,2H3. The van der Waals surface area contributed by atoms with Crippen LogP contribution >= 0.6 is 7.92 Å². The van der Waals surface area contributed by atoms with E-state index in [1.165, 1.54) is 15.9 Å². The Hall–Kier alpha value is -1.61. The molecule has 0 nitrogen and oxygen atoms in total. The second-order valence-electron chi connectivity index (χ2n) is 3.77. The molecule has 0 aliphatic rings. The van der Waals surface area contributed by atoms with Gasteiger partial charge in [0, 0.05) is 5.31 Å². The second-order valence-corrected chi connectivity index (χ2v) is 6.14. The van der Waals surface area contributed by atoms with Crippen molar-refractivity contribution in [2.75, 3.05) is 0 Å². The minimum absolute atomic E-state index is 0.469. The molecule has 0 unspecified atom stereocenters. The molecule has 0 radical (unpaired) electrons. The molecule has 0 aliphatic heterocycles. The van der Waals surface area contributed by atoms with Crippen molar-refractivity contribution in [1.29, 1.82) is 0 Å². The van der Waals surface area contributed by atoms with E-state index in [-0.39, 0.29) is 0 Å². The van der Waals surface area contributed by atoms with E-state index in [0.717, 1.165) is 0 Å². The SMILES string of the molecule is C=C=C(C)P(c1ccccc1)c1ccccc1. The Labute approximate surface area is 104 Å². The van der Waals surface area contributed by atoms with Gasteiger partial charge in [0.2, 0.25) is 0 Å². The Bertz CT molecular complexity index is 482. The van der Waals surface area contributed by atoms with Crippen LogP contribution < -0.4 is 10.6 Å². The van der Waals surface area contributed by atoms with Gasteiger partial charge in [0.25, 0.3) is 0 Å². The molecular weight excluding hydrogens is 223 g/mol. The average molecular weight is 238 g/mol. The Morgan fingerprint density at radius 1 is 0.882 bits per heavy atom. The van der Waals surface area contributed by atoms with Crippen molar-refractivity contribution < 1.29 is 0 Å². The van der Waals surface area contributed by atoms with Gasteiger partial charge < -0.3 is 0 Å². The van der Waals surface area contributed by atoms with Crippen molar-refractivity contribution in [1.82, 2.24) is 0 Å². The highest BCUT2D eigenvalue weighted by molar-refractivity contribution is 7.76. The highest BCUT2D eigenvalue weighted by atomic mass is 31.1. The number of rotatable bonds is 3. The van der Waals surface area contributed by atoms with E-state index < -0.39 is 7.92 Å². The molecule has 0 aromatic heterocycles. The van der Waals surface area contributed by atoms with Crippen LogP contribution in [0.25, 0.3) is 0 Å². The topological polar surface area (TPSA) is 0 Å². The lowest BCUT2D eigenvalue weighted by Gasteiger charge is -2.17. The lowest BCUT2D eigenvalue weighted by molar-refractivity contribution is 1.67. The molecule has 17 heavy (non-hydrogen) atoms. The molecule has 2 aromatic rings. The Morgan fingerprint density at radius 2 is 1.29 bits per heavy atom. The molecule has 84 valence electrons. The van der Waals surface area contributed by atoms with Gasteiger partial charge in [-0.15, -0.1) is 5.73 Å². The number of hydrogen-bond donors (Lipinski definition) is 0. The van der Waals surface area contributed by atoms with E-state index in [1.54, 1.807) is 0 Å². The summed E-state index contributed by atoms with van der Waals surface area (Å²) in [7, 11) is -0.469. The molecule has 0 saturated carbocycles. The first-order chi connectivity index (χ1) is 8.33. The maximum absolute atomic E-state index is 3.79. The molecule has 0 heterocycles. The molecule has 0 atom stereocenters. The van der Waals surface area contributed by atoms with Gasteiger partial charge in [-0.1, -0.05) is 67.2 Å². The monoisotopic (exact) mass is 238 g/mol. The van der Waals surface area contributed by atoms with Crippen molar-refractivity contribution in [3.05, 3.63) is 78.3 Å². The maximum atomic E-state index is 3.79. The van der Waals surface area contributed by atoms with Crippen LogP contribution in [-0.2, 0) is 0 Å². The summed E-state index contributed by atoms with van der Waals surface area (Å²) < 4.78 is 0. The molecule has 0 spiro atoms. The molecule has 2 rings (SSSR count). The first-order valence-electron chi connectivity index (χ1n) is 5.60. The fourth-order valence-electron chi connectivity index (χ4n) is 1.77. The summed E-state index contributed by atoms with van der Waals surface area (Å²) in [5.74, 6) is 0. The first-order valence-corrected chi connectivity index (χ1v) is 6.94. The molecule has 0 aliphatic carbocycles. The van der Waals surface area contributed by atoms with Crippen molar-refractivity contribution in [3.8, 4) is 0 Å². The molecule has 0 bridgehead atoms. The van der Waals surface area contributed by atoms with E-state index in [1.807, 2.05) is 0 Å². The third-order valence-corrected chi connectivity index (χ3v) is 5.08. The zero-order valence-corrected chi connectivity index (χ0v) is 10.8. The highest BCUT2D eigenvalue weighted by Crippen LogP contribution is 2.41. The Kier molecular flexibility index (Phi) is 3.94. The van der Waals surface area contributed by atoms with Crippen LogP contribution in [0.2, 0.25) is 0 Å². The smallest absolute Gasteiger partial charge is 0.000584 e. The number of allylic oxidation sites excluding steroid dienone is 1. The van der Waals surface area contributed by atoms with Crippen LogP contribution in [0.3, 0.4) is 0 Å². The molecule has 0 amide bonds. The Morgan fingerprint density at radius 3 is 1.65 bits per heavy atom. The van der Waals surface area contributed by atoms with Crippen LogP contribution in [0.4, 0.5) is 0 Å². The summed E-state index contributed by atoms with van der Waals surface area (Å²) in [6.07, 6.45) is 0. The van der Waals surface area contributed by atoms with Crippen LogP contribution in [0, 0.1) is 0 Å². The summed E-state index contributed by atoms with van der Waals surface area (Å²) in [5, 5.41) is 3.92. The molecule has 0 N–H and O–H groups in total. The van der Waals surface area contributed by atoms with E-state index in [0.29, 0.717) is 0 Å². The van der Waals surface area contributed by atoms with Crippen LogP contribution in [0.15, 0.2) is 78.3 Å². The minimum atomic E-state index is -0.469. The second kappa shape index (κ2) is 5.64. The summed E-state index contributed by atoms with van der Waals surface area (Å²) >= 11 is 0. The molecule has 2 aromatic carbocycles. The highest BCUT2D eigenvalue weighted by Gasteiger charge is 2.14. The zero-order chi connectivity index (χ0) is 12.1. The minimum Gasteiger partial charge on any atom is -0.124 e. The van der Waals surface area contributed by atoms with E-state index in [2.05, 4.69) is 79.9 Å². The quantitative estimate of drug-likeness (QED) is 0.563. The van der Waals surface area contributed by atoms with Crippen LogP contribution in [0.1, 0.15) is 6.92 Å². The predicted octanol–water partition coefficient (Wildman–Crippen LogP) is 3.81. The van der Waals surface area contributed by atoms with Gasteiger partial charge in [-0.25, -0.2) is 0 Å². The molecular formula is C16H15P. The fraction of sp³-hybridized carbons (Fsp3) is 0.0625.